The average Bonchev–Trinajstić information content (AvgIpc) is 1.03. The number of hydrogen-bond donors (Lipinski definition) is 0. The molecule has 0 radical (unpaired) electrons. The molecular weight excluding hydrogens is 1480 g/mol. The first kappa shape index (κ1) is 104. The lowest BCUT2D eigenvalue weighted by Crippen LogP contribution is -2.35. The van der Waals surface area contributed by atoms with Crippen LogP contribution in [0.1, 0.15) is 268 Å². The zero-order chi connectivity index (χ0) is 79.9. The van der Waals surface area contributed by atoms with Crippen molar-refractivity contribution < 1.29 is 95.3 Å². The van der Waals surface area contributed by atoms with Crippen LogP contribution in [0.3, 0.4) is 0 Å². The molecule has 5 unspecified atom stereocenters. The van der Waals surface area contributed by atoms with Crippen molar-refractivity contribution in [3.05, 3.63) is 0 Å². The van der Waals surface area contributed by atoms with Crippen LogP contribution in [-0.4, -0.2) is 255 Å². The first-order valence-corrected chi connectivity index (χ1v) is 46.5. The van der Waals surface area contributed by atoms with E-state index in [0.29, 0.717) is 52.0 Å². The summed E-state index contributed by atoms with van der Waals surface area (Å²) in [6.45, 7) is 20.0. The Labute approximate surface area is 672 Å². The molecule has 0 saturated heterocycles. The van der Waals surface area contributed by atoms with Gasteiger partial charge >= 0.3 is 59.7 Å². The van der Waals surface area contributed by atoms with E-state index in [1.54, 1.807) is 60.2 Å². The summed E-state index contributed by atoms with van der Waals surface area (Å²) in [6.07, 6.45) is 31.5. The van der Waals surface area contributed by atoms with Gasteiger partial charge in [0.15, 0.2) is 0 Å². The lowest BCUT2D eigenvalue weighted by Gasteiger charge is -2.26. The third-order valence-electron chi connectivity index (χ3n) is 17.7. The second-order valence-corrected chi connectivity index (χ2v) is 34.2. The molecule has 0 bridgehead atoms. The normalized spacial score (nSPS) is 12.8. The number of esters is 10. The van der Waals surface area contributed by atoms with Gasteiger partial charge in [-0.15, -0.1) is 47.0 Å². The van der Waals surface area contributed by atoms with Crippen LogP contribution in [0.4, 0.5) is 0 Å². The third-order valence-corrected chi connectivity index (χ3v) is 23.5. The van der Waals surface area contributed by atoms with E-state index in [2.05, 4.69) is 32.6 Å². The number of ether oxygens (including phenoxy) is 10. The average molecular weight is 1630 g/mol. The lowest BCUT2D eigenvalue weighted by atomic mass is 10.1. The second kappa shape index (κ2) is 74.7. The molecule has 630 valence electrons. The quantitative estimate of drug-likeness (QED) is 0.0311. The summed E-state index contributed by atoms with van der Waals surface area (Å²) >= 11 is 7.58. The molecular formula is C80H145N3O20S5. The molecule has 108 heavy (non-hydrogen) atoms. The molecule has 0 spiro atoms. The van der Waals surface area contributed by atoms with Gasteiger partial charge in [-0.05, 0) is 135 Å². The summed E-state index contributed by atoms with van der Waals surface area (Å²) in [5.74, 6) is -0.863. The highest BCUT2D eigenvalue weighted by molar-refractivity contribution is 8.01. The minimum atomic E-state index is -0.504. The fourth-order valence-electron chi connectivity index (χ4n) is 10.8. The molecule has 0 fully saturated rings. The van der Waals surface area contributed by atoms with Crippen LogP contribution >= 0.6 is 58.8 Å². The topological polar surface area (TPSA) is 273 Å². The van der Waals surface area contributed by atoms with Crippen molar-refractivity contribution in [2.45, 2.75) is 294 Å². The van der Waals surface area contributed by atoms with E-state index in [0.717, 1.165) is 74.4 Å². The maximum Gasteiger partial charge on any atom is 0.318 e. The maximum atomic E-state index is 13.3. The Morgan fingerprint density at radius 3 is 0.639 bits per heavy atom. The Kier molecular flexibility index (Phi) is 72.2. The monoisotopic (exact) mass is 1630 g/mol. The Balaban J connectivity index is 6.29. The van der Waals surface area contributed by atoms with Crippen molar-refractivity contribution >= 4 is 119 Å². The van der Waals surface area contributed by atoms with Gasteiger partial charge in [0.1, 0.15) is 66.1 Å². The molecule has 0 rings (SSSR count). The van der Waals surface area contributed by atoms with Gasteiger partial charge in [0.25, 0.3) is 0 Å². The van der Waals surface area contributed by atoms with E-state index in [1.165, 1.54) is 114 Å². The largest absolute Gasteiger partial charge is 0.462 e. The van der Waals surface area contributed by atoms with Crippen LogP contribution in [0.5, 0.6) is 0 Å². The SMILES string of the molecule is CCCCCCCCSC(C)C(=O)OCCOC(=O)CCN(CCCCN(CCC(=O)OCCOC(=O)C(C)SC)CCC(=O)OCCOC(=O)C(C)SCCCCCCCC)CCCN(CCC(=O)OCCOC(=O)C(C)SCCCCCCCC)CCC(=O)OCCOC(=O)C(C)SCCCCCCCC. The summed E-state index contributed by atoms with van der Waals surface area (Å²) in [4.78, 5) is 135. The van der Waals surface area contributed by atoms with Gasteiger partial charge in [0, 0.05) is 32.7 Å². The molecule has 0 aromatic rings. The summed E-state index contributed by atoms with van der Waals surface area (Å²) in [5.41, 5.74) is 0. The lowest BCUT2D eigenvalue weighted by molar-refractivity contribution is -0.152. The molecule has 0 aliphatic heterocycles. The van der Waals surface area contributed by atoms with Crippen LogP contribution in [-0.2, 0) is 95.3 Å². The van der Waals surface area contributed by atoms with Gasteiger partial charge in [0.2, 0.25) is 0 Å². The predicted octanol–water partition coefficient (Wildman–Crippen LogP) is 15.1. The van der Waals surface area contributed by atoms with E-state index in [9.17, 15) is 47.9 Å². The summed E-state index contributed by atoms with van der Waals surface area (Å²) in [7, 11) is 0. The Bertz CT molecular complexity index is 2260. The molecule has 0 aliphatic rings. The second-order valence-electron chi connectivity index (χ2n) is 27.3. The third kappa shape index (κ3) is 64.8. The molecule has 5 atom stereocenters. The van der Waals surface area contributed by atoms with Gasteiger partial charge in [0.05, 0.1) is 58.4 Å². The summed E-state index contributed by atoms with van der Waals surface area (Å²) < 4.78 is 54.4. The van der Waals surface area contributed by atoms with E-state index in [-0.39, 0.29) is 174 Å². The highest BCUT2D eigenvalue weighted by Crippen LogP contribution is 2.21. The van der Waals surface area contributed by atoms with Crippen molar-refractivity contribution in [3.63, 3.8) is 0 Å². The first-order valence-electron chi connectivity index (χ1n) is 41.0. The van der Waals surface area contributed by atoms with Crippen LogP contribution in [0, 0.1) is 0 Å². The molecule has 0 aromatic heterocycles. The van der Waals surface area contributed by atoms with Crippen LogP contribution in [0.2, 0.25) is 0 Å². The van der Waals surface area contributed by atoms with Gasteiger partial charge in [-0.3, -0.25) is 47.9 Å². The van der Waals surface area contributed by atoms with Crippen LogP contribution in [0.25, 0.3) is 0 Å². The zero-order valence-electron chi connectivity index (χ0n) is 68.3. The van der Waals surface area contributed by atoms with Gasteiger partial charge in [-0.1, -0.05) is 156 Å². The molecule has 0 heterocycles. The number of thioether (sulfide) groups is 5. The van der Waals surface area contributed by atoms with E-state index in [4.69, 9.17) is 47.4 Å². The zero-order valence-corrected chi connectivity index (χ0v) is 72.4. The van der Waals surface area contributed by atoms with Gasteiger partial charge < -0.3 is 62.1 Å². The first-order chi connectivity index (χ1) is 52.2. The fourth-order valence-corrected chi connectivity index (χ4v) is 14.8. The minimum absolute atomic E-state index is 0.00523. The van der Waals surface area contributed by atoms with E-state index >= 15 is 0 Å². The Hall–Kier alpha value is -3.67. The fraction of sp³-hybridized carbons (Fsp3) is 0.875. The standard InChI is InChI=1S/C80H145N3O20S5/c1-11-15-19-23-27-33-62-105-67(6)77(90)100-58-53-95-71(84)38-47-81(43-31-32-44-82(48-39-72(85)94-52-57-99-76(89)66(5)104-10)49-40-73(86)96-54-59-101-78(91)68(7)106-63-34-28-24-20-16-12-2)45-37-46-83(50-41-74(87)97-55-60-102-79(92)69(8)107-64-35-29-25-21-17-13-3)51-42-75(88)98-56-61-103-80(93)70(9)108-65-36-30-26-22-18-14-4/h66-70H,11-65H2,1-10H3. The van der Waals surface area contributed by atoms with Gasteiger partial charge in [-0.2, -0.15) is 11.8 Å². The Morgan fingerprint density at radius 1 is 0.231 bits per heavy atom. The Morgan fingerprint density at radius 2 is 0.417 bits per heavy atom. The van der Waals surface area contributed by atoms with Crippen molar-refractivity contribution in [2.75, 3.05) is 154 Å². The van der Waals surface area contributed by atoms with Crippen LogP contribution < -0.4 is 0 Å². The molecule has 23 nitrogen and oxygen atoms in total. The number of rotatable bonds is 77. The van der Waals surface area contributed by atoms with Crippen molar-refractivity contribution in [1.82, 2.24) is 14.7 Å². The predicted molar refractivity (Wildman–Crippen MR) is 440 cm³/mol. The molecule has 0 aromatic carbocycles. The smallest absolute Gasteiger partial charge is 0.318 e. The molecule has 0 amide bonds. The van der Waals surface area contributed by atoms with Gasteiger partial charge in [-0.25, -0.2) is 0 Å². The molecule has 0 N–H and O–H groups in total. The minimum Gasteiger partial charge on any atom is -0.462 e. The number of carbonyl (C=O) groups excluding carboxylic acids is 10. The molecule has 28 heteroatoms. The summed E-state index contributed by atoms with van der Waals surface area (Å²) in [5, 5.41) is -1.74. The highest BCUT2D eigenvalue weighted by atomic mass is 32.2. The molecule has 0 aliphatic carbocycles. The highest BCUT2D eigenvalue weighted by Gasteiger charge is 2.22. The molecule has 0 saturated carbocycles. The van der Waals surface area contributed by atoms with Crippen molar-refractivity contribution in [2.24, 2.45) is 0 Å². The van der Waals surface area contributed by atoms with E-state index < -0.39 is 35.8 Å². The van der Waals surface area contributed by atoms with Crippen LogP contribution in [0.15, 0.2) is 0 Å². The van der Waals surface area contributed by atoms with E-state index in [1.807, 2.05) is 37.5 Å². The van der Waals surface area contributed by atoms with Crippen molar-refractivity contribution in [3.8, 4) is 0 Å². The number of hydrogen-bond acceptors (Lipinski definition) is 28. The number of nitrogens with zero attached hydrogens (tertiary/aromatic N) is 3. The number of carbonyl (C=O) groups is 10. The summed E-state index contributed by atoms with van der Waals surface area (Å²) in [6, 6.07) is 0. The van der Waals surface area contributed by atoms with Crippen molar-refractivity contribution in [1.29, 1.82) is 0 Å². The maximum absolute atomic E-state index is 13.3. The number of unbranched alkanes of at least 4 members (excludes halogenated alkanes) is 21.